The van der Waals surface area contributed by atoms with Gasteiger partial charge in [-0.05, 0) is 51.4 Å². The molecule has 142 valence electrons. The summed E-state index contributed by atoms with van der Waals surface area (Å²) in [6, 6.07) is 8.82. The predicted molar refractivity (Wildman–Crippen MR) is 103 cm³/mol. The Morgan fingerprint density at radius 3 is 2.50 bits per heavy atom. The maximum atomic E-state index is 12.4. The second kappa shape index (κ2) is 7.57. The molecule has 0 saturated carbocycles. The van der Waals surface area contributed by atoms with Crippen LogP contribution in [0.5, 0.6) is 0 Å². The van der Waals surface area contributed by atoms with E-state index < -0.39 is 0 Å². The number of cyclic esters (lactones) is 1. The number of nitrogens with one attached hydrogen (secondary N) is 1. The highest BCUT2D eigenvalue weighted by Gasteiger charge is 2.49. The lowest BCUT2D eigenvalue weighted by atomic mass is 9.76. The van der Waals surface area contributed by atoms with Crippen molar-refractivity contribution in [3.63, 3.8) is 0 Å². The molecule has 1 N–H and O–H groups in total. The molecule has 5 nitrogen and oxygen atoms in total. The van der Waals surface area contributed by atoms with E-state index in [1.165, 1.54) is 11.3 Å². The molecule has 4 rings (SSSR count). The highest BCUT2D eigenvalue weighted by atomic mass is 16.6. The van der Waals surface area contributed by atoms with Gasteiger partial charge >= 0.3 is 5.97 Å². The first-order valence-electron chi connectivity index (χ1n) is 10.1. The highest BCUT2D eigenvalue weighted by Crippen LogP contribution is 2.42. The number of piperazine rings is 1. The molecule has 5 heteroatoms. The number of piperidine rings is 1. The maximum Gasteiger partial charge on any atom is 0.312 e. The summed E-state index contributed by atoms with van der Waals surface area (Å²) in [5.41, 5.74) is 2.46. The number of esters is 1. The van der Waals surface area contributed by atoms with Crippen molar-refractivity contribution in [2.75, 3.05) is 50.7 Å². The van der Waals surface area contributed by atoms with Crippen LogP contribution in [-0.4, -0.2) is 62.8 Å². The van der Waals surface area contributed by atoms with Crippen molar-refractivity contribution in [3.8, 4) is 0 Å². The van der Waals surface area contributed by atoms with Crippen LogP contribution in [0, 0.1) is 12.3 Å². The molecule has 0 aliphatic carbocycles. The van der Waals surface area contributed by atoms with Gasteiger partial charge in [-0.25, -0.2) is 0 Å². The van der Waals surface area contributed by atoms with Crippen LogP contribution in [0.4, 0.5) is 5.69 Å². The van der Waals surface area contributed by atoms with E-state index in [4.69, 9.17) is 4.74 Å². The first-order valence-corrected chi connectivity index (χ1v) is 10.1. The normalized spacial score (nSPS) is 26.3. The van der Waals surface area contributed by atoms with Crippen LogP contribution in [0.1, 0.15) is 31.2 Å². The first kappa shape index (κ1) is 17.8. The third-order valence-electron chi connectivity index (χ3n) is 6.42. The van der Waals surface area contributed by atoms with Gasteiger partial charge in [0.1, 0.15) is 6.10 Å². The van der Waals surface area contributed by atoms with Crippen molar-refractivity contribution in [1.29, 1.82) is 0 Å². The summed E-state index contributed by atoms with van der Waals surface area (Å²) in [5.74, 6) is 0.0631. The third-order valence-corrected chi connectivity index (χ3v) is 6.42. The molecule has 1 aromatic rings. The molecule has 1 unspecified atom stereocenters. The minimum absolute atomic E-state index is 0.0631. The summed E-state index contributed by atoms with van der Waals surface area (Å²) >= 11 is 0. The lowest BCUT2D eigenvalue weighted by molar-refractivity contribution is -0.150. The predicted octanol–water partition coefficient (Wildman–Crippen LogP) is 2.19. The number of rotatable bonds is 4. The molecule has 26 heavy (non-hydrogen) atoms. The molecule has 3 aliphatic rings. The molecule has 0 amide bonds. The van der Waals surface area contributed by atoms with E-state index in [0.29, 0.717) is 0 Å². The quantitative estimate of drug-likeness (QED) is 0.837. The molecular weight excluding hydrogens is 326 g/mol. The van der Waals surface area contributed by atoms with Crippen molar-refractivity contribution in [2.24, 2.45) is 5.41 Å². The van der Waals surface area contributed by atoms with Crippen LogP contribution in [-0.2, 0) is 9.53 Å². The smallest absolute Gasteiger partial charge is 0.312 e. The summed E-state index contributed by atoms with van der Waals surface area (Å²) in [4.78, 5) is 17.4. The molecule has 1 atom stereocenters. The van der Waals surface area contributed by atoms with Crippen LogP contribution in [0.15, 0.2) is 24.3 Å². The van der Waals surface area contributed by atoms with Crippen LogP contribution in [0.25, 0.3) is 0 Å². The number of nitrogens with zero attached hydrogens (tertiary/aromatic N) is 2. The van der Waals surface area contributed by atoms with Crippen molar-refractivity contribution in [3.05, 3.63) is 29.8 Å². The van der Waals surface area contributed by atoms with Crippen molar-refractivity contribution < 1.29 is 9.53 Å². The van der Waals surface area contributed by atoms with Gasteiger partial charge in [0.15, 0.2) is 0 Å². The number of benzene rings is 1. The van der Waals surface area contributed by atoms with Gasteiger partial charge in [-0.15, -0.1) is 0 Å². The number of aryl methyl sites for hydroxylation is 1. The van der Waals surface area contributed by atoms with Gasteiger partial charge in [0.05, 0.1) is 5.41 Å². The molecule has 3 heterocycles. The summed E-state index contributed by atoms with van der Waals surface area (Å²) in [6.45, 7) is 9.38. The second-order valence-corrected chi connectivity index (χ2v) is 8.21. The fourth-order valence-electron chi connectivity index (χ4n) is 4.62. The number of carbonyl (C=O) groups is 1. The second-order valence-electron chi connectivity index (χ2n) is 8.21. The monoisotopic (exact) mass is 357 g/mol. The minimum Gasteiger partial charge on any atom is -0.462 e. The van der Waals surface area contributed by atoms with Crippen LogP contribution in [0.3, 0.4) is 0 Å². The number of anilines is 1. The number of hydrogen-bond donors (Lipinski definition) is 1. The largest absolute Gasteiger partial charge is 0.462 e. The molecule has 0 aromatic heterocycles. The first-order chi connectivity index (χ1) is 12.6. The zero-order valence-corrected chi connectivity index (χ0v) is 15.9. The topological polar surface area (TPSA) is 44.8 Å². The van der Waals surface area contributed by atoms with E-state index in [1.54, 1.807) is 0 Å². The number of ether oxygens (including phenoxy) is 1. The maximum absolute atomic E-state index is 12.4. The van der Waals surface area contributed by atoms with Gasteiger partial charge < -0.3 is 15.0 Å². The van der Waals surface area contributed by atoms with Crippen LogP contribution < -0.4 is 10.2 Å². The zero-order chi connectivity index (χ0) is 18.0. The van der Waals surface area contributed by atoms with Gasteiger partial charge in [-0.2, -0.15) is 0 Å². The van der Waals surface area contributed by atoms with Crippen LogP contribution in [0.2, 0.25) is 0 Å². The lowest BCUT2D eigenvalue weighted by Gasteiger charge is -2.36. The molecule has 3 fully saturated rings. The highest BCUT2D eigenvalue weighted by molar-refractivity contribution is 5.79. The standard InChI is InChI=1S/C21H31N3O2/c1-17-2-4-18(5-3-17)24-14-12-23(13-15-24)11-6-19-16-21(20(25)26-19)7-9-22-10-8-21/h2-5,19,22H,6-16H2,1H3. The SMILES string of the molecule is Cc1ccc(N2CCN(CCC3CC4(CCNCC4)C(=O)O3)CC2)cc1. The summed E-state index contributed by atoms with van der Waals surface area (Å²) in [5, 5.41) is 3.35. The van der Waals surface area contributed by atoms with E-state index in [-0.39, 0.29) is 17.5 Å². The Kier molecular flexibility index (Phi) is 5.18. The Bertz CT molecular complexity index is 617. The Morgan fingerprint density at radius 2 is 1.81 bits per heavy atom. The minimum atomic E-state index is -0.181. The van der Waals surface area contributed by atoms with Crippen molar-refractivity contribution >= 4 is 11.7 Å². The van der Waals surface area contributed by atoms with Gasteiger partial charge in [-0.1, -0.05) is 17.7 Å². The molecular formula is C21H31N3O2. The third kappa shape index (κ3) is 3.74. The molecule has 1 aromatic carbocycles. The van der Waals surface area contributed by atoms with Gasteiger partial charge in [-0.3, -0.25) is 9.69 Å². The zero-order valence-electron chi connectivity index (χ0n) is 15.9. The molecule has 3 saturated heterocycles. The summed E-state index contributed by atoms with van der Waals surface area (Å²) in [6.07, 6.45) is 3.91. The van der Waals surface area contributed by atoms with E-state index in [2.05, 4.69) is 46.3 Å². The Balaban J connectivity index is 1.23. The van der Waals surface area contributed by atoms with E-state index in [9.17, 15) is 4.79 Å². The van der Waals surface area contributed by atoms with E-state index in [1.807, 2.05) is 0 Å². The fourth-order valence-corrected chi connectivity index (χ4v) is 4.62. The molecule has 0 bridgehead atoms. The Hall–Kier alpha value is -1.59. The van der Waals surface area contributed by atoms with Crippen molar-refractivity contribution in [2.45, 2.75) is 38.7 Å². The fraction of sp³-hybridized carbons (Fsp3) is 0.667. The molecule has 3 aliphatic heterocycles. The van der Waals surface area contributed by atoms with Gasteiger partial charge in [0, 0.05) is 44.8 Å². The summed E-state index contributed by atoms with van der Waals surface area (Å²) in [7, 11) is 0. The van der Waals surface area contributed by atoms with Crippen LogP contribution >= 0.6 is 0 Å². The Morgan fingerprint density at radius 1 is 1.12 bits per heavy atom. The average molecular weight is 357 g/mol. The number of carbonyl (C=O) groups excluding carboxylic acids is 1. The van der Waals surface area contributed by atoms with Crippen molar-refractivity contribution in [1.82, 2.24) is 10.2 Å². The average Bonchev–Trinajstić information content (AvgIpc) is 2.97. The number of hydrogen-bond acceptors (Lipinski definition) is 5. The Labute approximate surface area is 156 Å². The summed E-state index contributed by atoms with van der Waals surface area (Å²) < 4.78 is 5.74. The lowest BCUT2D eigenvalue weighted by Crippen LogP contribution is -2.47. The molecule has 1 spiro atoms. The van der Waals surface area contributed by atoms with E-state index in [0.717, 1.165) is 71.5 Å². The van der Waals surface area contributed by atoms with Gasteiger partial charge in [0.25, 0.3) is 0 Å². The van der Waals surface area contributed by atoms with Gasteiger partial charge in [0.2, 0.25) is 0 Å². The van der Waals surface area contributed by atoms with E-state index >= 15 is 0 Å². The molecule has 0 radical (unpaired) electrons.